The lowest BCUT2D eigenvalue weighted by molar-refractivity contribution is 0.115. The van der Waals surface area contributed by atoms with Crippen LogP contribution in [0.2, 0.25) is 0 Å². The molecule has 0 atom stereocenters. The Labute approximate surface area is 163 Å². The number of morpholine rings is 1. The highest BCUT2D eigenvalue weighted by Gasteiger charge is 2.21. The first-order valence-electron chi connectivity index (χ1n) is 10.2. The molecule has 0 aromatic heterocycles. The Morgan fingerprint density at radius 1 is 1.26 bits per heavy atom. The van der Waals surface area contributed by atoms with E-state index in [1.807, 2.05) is 0 Å². The van der Waals surface area contributed by atoms with Crippen molar-refractivity contribution >= 4 is 11.6 Å². The van der Waals surface area contributed by atoms with Crippen LogP contribution in [-0.2, 0) is 16.0 Å². The number of ether oxygens (including phenoxy) is 2. The van der Waals surface area contributed by atoms with Crippen LogP contribution in [-0.4, -0.2) is 70.5 Å². The van der Waals surface area contributed by atoms with E-state index in [0.717, 1.165) is 64.5 Å². The molecule has 0 unspecified atom stereocenters. The molecule has 1 N–H and O–H groups in total. The van der Waals surface area contributed by atoms with Crippen molar-refractivity contribution < 1.29 is 9.47 Å². The Balaban J connectivity index is 1.48. The van der Waals surface area contributed by atoms with Crippen molar-refractivity contribution in [2.24, 2.45) is 10.9 Å². The number of likely N-dealkylation sites (N-methyl/N-ethyl adjacent to an activating group) is 1. The largest absolute Gasteiger partial charge is 0.379 e. The van der Waals surface area contributed by atoms with Crippen molar-refractivity contribution in [2.45, 2.75) is 26.3 Å². The Hall–Kier alpha value is -1.79. The van der Waals surface area contributed by atoms with Gasteiger partial charge in [-0.2, -0.15) is 0 Å². The van der Waals surface area contributed by atoms with Gasteiger partial charge in [0.2, 0.25) is 0 Å². The molecule has 1 heterocycles. The van der Waals surface area contributed by atoms with Crippen molar-refractivity contribution in [1.82, 2.24) is 10.2 Å². The zero-order valence-corrected chi connectivity index (χ0v) is 16.8. The molecule has 0 spiro atoms. The molecular formula is C21H34N4O2. The second kappa shape index (κ2) is 10.5. The molecule has 1 saturated carbocycles. The van der Waals surface area contributed by atoms with Gasteiger partial charge in [-0.15, -0.1) is 0 Å². The smallest absolute Gasteiger partial charge is 0.194 e. The summed E-state index contributed by atoms with van der Waals surface area (Å²) in [5.41, 5.74) is 2.49. The molecule has 1 aliphatic carbocycles. The molecule has 2 fully saturated rings. The molecule has 1 aromatic carbocycles. The van der Waals surface area contributed by atoms with Gasteiger partial charge in [-0.25, -0.2) is 4.99 Å². The van der Waals surface area contributed by atoms with Crippen LogP contribution in [0.3, 0.4) is 0 Å². The molecule has 150 valence electrons. The molecule has 0 bridgehead atoms. The highest BCUT2D eigenvalue weighted by atomic mass is 16.5. The van der Waals surface area contributed by atoms with E-state index in [-0.39, 0.29) is 0 Å². The maximum atomic E-state index is 5.75. The van der Waals surface area contributed by atoms with E-state index in [1.165, 1.54) is 24.1 Å². The highest BCUT2D eigenvalue weighted by molar-refractivity contribution is 5.79. The molecule has 0 amide bonds. The standard InChI is InChI=1S/C21H34N4O2/c1-3-22-21(24(2)10-13-27-17-19-4-5-19)23-16-18-6-8-20(9-7-18)25-11-14-26-15-12-25/h6-9,19H,3-5,10-17H2,1-2H3,(H,22,23). The van der Waals surface area contributed by atoms with Gasteiger partial charge in [0.25, 0.3) is 0 Å². The SMILES string of the molecule is CCNC(=NCc1ccc(N2CCOCC2)cc1)N(C)CCOCC1CC1. The number of benzene rings is 1. The summed E-state index contributed by atoms with van der Waals surface area (Å²) in [7, 11) is 2.07. The van der Waals surface area contributed by atoms with Crippen LogP contribution in [0.1, 0.15) is 25.3 Å². The first-order valence-corrected chi connectivity index (χ1v) is 10.2. The zero-order chi connectivity index (χ0) is 18.9. The van der Waals surface area contributed by atoms with Gasteiger partial charge in [-0.05, 0) is 43.4 Å². The van der Waals surface area contributed by atoms with Gasteiger partial charge >= 0.3 is 0 Å². The van der Waals surface area contributed by atoms with Gasteiger partial charge in [0.15, 0.2) is 5.96 Å². The van der Waals surface area contributed by atoms with Crippen molar-refractivity contribution in [3.8, 4) is 0 Å². The van der Waals surface area contributed by atoms with Crippen molar-refractivity contribution in [2.75, 3.05) is 64.6 Å². The second-order valence-corrected chi connectivity index (χ2v) is 7.38. The predicted molar refractivity (Wildman–Crippen MR) is 110 cm³/mol. The molecule has 1 aliphatic heterocycles. The third kappa shape index (κ3) is 6.70. The summed E-state index contributed by atoms with van der Waals surface area (Å²) in [6.07, 6.45) is 2.68. The minimum atomic E-state index is 0.680. The average molecular weight is 375 g/mol. The monoisotopic (exact) mass is 374 g/mol. The van der Waals surface area contributed by atoms with E-state index in [4.69, 9.17) is 14.5 Å². The highest BCUT2D eigenvalue weighted by Crippen LogP contribution is 2.28. The maximum Gasteiger partial charge on any atom is 0.194 e. The van der Waals surface area contributed by atoms with Crippen LogP contribution in [0.4, 0.5) is 5.69 Å². The summed E-state index contributed by atoms with van der Waals surface area (Å²) in [6, 6.07) is 8.74. The summed E-state index contributed by atoms with van der Waals surface area (Å²) >= 11 is 0. The Kier molecular flexibility index (Phi) is 7.78. The van der Waals surface area contributed by atoms with Crippen LogP contribution >= 0.6 is 0 Å². The maximum absolute atomic E-state index is 5.75. The van der Waals surface area contributed by atoms with Gasteiger partial charge in [-0.3, -0.25) is 0 Å². The van der Waals surface area contributed by atoms with Gasteiger partial charge in [0.1, 0.15) is 0 Å². The molecule has 1 saturated heterocycles. The van der Waals surface area contributed by atoms with Crippen molar-refractivity contribution in [3.63, 3.8) is 0 Å². The summed E-state index contributed by atoms with van der Waals surface area (Å²) in [6.45, 7) is 9.73. The minimum absolute atomic E-state index is 0.680. The average Bonchev–Trinajstić information content (AvgIpc) is 3.54. The lowest BCUT2D eigenvalue weighted by Gasteiger charge is -2.28. The van der Waals surface area contributed by atoms with Crippen molar-refractivity contribution in [3.05, 3.63) is 29.8 Å². The fourth-order valence-electron chi connectivity index (χ4n) is 3.11. The molecule has 2 aliphatic rings. The lowest BCUT2D eigenvalue weighted by atomic mass is 10.2. The number of anilines is 1. The van der Waals surface area contributed by atoms with Gasteiger partial charge in [-0.1, -0.05) is 12.1 Å². The Morgan fingerprint density at radius 2 is 2.00 bits per heavy atom. The molecule has 3 rings (SSSR count). The van der Waals surface area contributed by atoms with E-state index in [1.54, 1.807) is 0 Å². The number of hydrogen-bond donors (Lipinski definition) is 1. The van der Waals surface area contributed by atoms with E-state index >= 15 is 0 Å². The van der Waals surface area contributed by atoms with E-state index in [2.05, 4.69) is 53.4 Å². The van der Waals surface area contributed by atoms with Crippen LogP contribution in [0.25, 0.3) is 0 Å². The summed E-state index contributed by atoms with van der Waals surface area (Å²) in [4.78, 5) is 9.32. The summed E-state index contributed by atoms with van der Waals surface area (Å²) in [5, 5.41) is 3.38. The topological polar surface area (TPSA) is 49.3 Å². The van der Waals surface area contributed by atoms with Gasteiger partial charge in [0, 0.05) is 45.5 Å². The number of rotatable bonds is 9. The first-order chi connectivity index (χ1) is 13.3. The molecule has 6 nitrogen and oxygen atoms in total. The molecule has 0 radical (unpaired) electrons. The number of hydrogen-bond acceptors (Lipinski definition) is 4. The van der Waals surface area contributed by atoms with Crippen LogP contribution in [0.5, 0.6) is 0 Å². The third-order valence-corrected chi connectivity index (χ3v) is 5.04. The van der Waals surface area contributed by atoms with Crippen LogP contribution in [0, 0.1) is 5.92 Å². The summed E-state index contributed by atoms with van der Waals surface area (Å²) < 4.78 is 11.2. The number of nitrogens with one attached hydrogen (secondary N) is 1. The van der Waals surface area contributed by atoms with Crippen molar-refractivity contribution in [1.29, 1.82) is 0 Å². The fourth-order valence-corrected chi connectivity index (χ4v) is 3.11. The lowest BCUT2D eigenvalue weighted by Crippen LogP contribution is -2.40. The van der Waals surface area contributed by atoms with Crippen LogP contribution < -0.4 is 10.2 Å². The minimum Gasteiger partial charge on any atom is -0.379 e. The predicted octanol–water partition coefficient (Wildman–Crippen LogP) is 2.35. The summed E-state index contributed by atoms with van der Waals surface area (Å²) in [5.74, 6) is 1.75. The quantitative estimate of drug-likeness (QED) is 0.408. The first kappa shape index (κ1) is 20.0. The molecule has 1 aromatic rings. The van der Waals surface area contributed by atoms with E-state index in [9.17, 15) is 0 Å². The molecule has 6 heteroatoms. The third-order valence-electron chi connectivity index (χ3n) is 5.04. The number of aliphatic imine (C=N–C) groups is 1. The normalized spacial score (nSPS) is 17.9. The van der Waals surface area contributed by atoms with E-state index < -0.39 is 0 Å². The Morgan fingerprint density at radius 3 is 2.67 bits per heavy atom. The van der Waals surface area contributed by atoms with Crippen LogP contribution in [0.15, 0.2) is 29.3 Å². The van der Waals surface area contributed by atoms with Gasteiger partial charge < -0.3 is 24.6 Å². The number of guanidine groups is 1. The molecular weight excluding hydrogens is 340 g/mol. The zero-order valence-electron chi connectivity index (χ0n) is 16.8. The fraction of sp³-hybridized carbons (Fsp3) is 0.667. The van der Waals surface area contributed by atoms with Gasteiger partial charge in [0.05, 0.1) is 26.4 Å². The Bertz CT molecular complexity index is 580. The second-order valence-electron chi connectivity index (χ2n) is 7.38. The number of nitrogens with zero attached hydrogens (tertiary/aromatic N) is 3. The van der Waals surface area contributed by atoms with E-state index in [0.29, 0.717) is 6.54 Å². The molecule has 27 heavy (non-hydrogen) atoms.